The lowest BCUT2D eigenvalue weighted by Crippen LogP contribution is -2.31. The zero-order valence-corrected chi connectivity index (χ0v) is 9.41. The largest absolute Gasteiger partial charge is 0.479 e. The van der Waals surface area contributed by atoms with Crippen molar-refractivity contribution >= 4 is 5.97 Å². The molecule has 0 amide bonds. The Labute approximate surface area is 85.5 Å². The number of ether oxygens (including phenoxy) is 1. The monoisotopic (exact) mass is 200 g/mol. The van der Waals surface area contributed by atoms with Gasteiger partial charge >= 0.3 is 5.97 Å². The van der Waals surface area contributed by atoms with Gasteiger partial charge in [0.1, 0.15) is 0 Å². The zero-order chi connectivity index (χ0) is 10.9. The zero-order valence-electron chi connectivity index (χ0n) is 9.41. The highest BCUT2D eigenvalue weighted by atomic mass is 16.5. The van der Waals surface area contributed by atoms with Gasteiger partial charge in [-0.25, -0.2) is 4.79 Å². The van der Waals surface area contributed by atoms with Crippen LogP contribution < -0.4 is 0 Å². The van der Waals surface area contributed by atoms with Gasteiger partial charge in [-0.3, -0.25) is 0 Å². The molecule has 1 rings (SSSR count). The number of hydrogen-bond acceptors (Lipinski definition) is 2. The van der Waals surface area contributed by atoms with E-state index in [0.717, 1.165) is 6.42 Å². The van der Waals surface area contributed by atoms with E-state index in [0.29, 0.717) is 12.3 Å². The molecule has 0 aliphatic carbocycles. The average molecular weight is 200 g/mol. The van der Waals surface area contributed by atoms with Gasteiger partial charge in [0.25, 0.3) is 0 Å². The van der Waals surface area contributed by atoms with Gasteiger partial charge < -0.3 is 9.84 Å². The molecule has 0 aromatic rings. The summed E-state index contributed by atoms with van der Waals surface area (Å²) in [5, 5.41) is 8.79. The molecule has 3 atom stereocenters. The first-order valence-corrected chi connectivity index (χ1v) is 5.20. The minimum absolute atomic E-state index is 0.107. The maximum absolute atomic E-state index is 10.7. The van der Waals surface area contributed by atoms with Gasteiger partial charge in [0.2, 0.25) is 0 Å². The molecule has 1 saturated heterocycles. The van der Waals surface area contributed by atoms with Crippen LogP contribution in [0.1, 0.15) is 40.5 Å². The molecule has 3 unspecified atom stereocenters. The molecule has 1 aliphatic rings. The Morgan fingerprint density at radius 2 is 2.00 bits per heavy atom. The van der Waals surface area contributed by atoms with E-state index in [1.54, 1.807) is 0 Å². The fourth-order valence-electron chi connectivity index (χ4n) is 1.77. The molecule has 1 heterocycles. The Hall–Kier alpha value is -0.570. The minimum Gasteiger partial charge on any atom is -0.479 e. The molecule has 1 N–H and O–H groups in total. The van der Waals surface area contributed by atoms with Crippen molar-refractivity contribution in [1.29, 1.82) is 0 Å². The van der Waals surface area contributed by atoms with Crippen molar-refractivity contribution in [1.82, 2.24) is 0 Å². The molecule has 1 aliphatic heterocycles. The summed E-state index contributed by atoms with van der Waals surface area (Å²) in [6.07, 6.45) is 1.05. The van der Waals surface area contributed by atoms with Crippen LogP contribution in [0.25, 0.3) is 0 Å². The molecule has 0 spiro atoms. The van der Waals surface area contributed by atoms with Crippen molar-refractivity contribution < 1.29 is 14.6 Å². The molecule has 0 radical (unpaired) electrons. The van der Waals surface area contributed by atoms with Crippen LogP contribution in [0.5, 0.6) is 0 Å². The van der Waals surface area contributed by atoms with Crippen molar-refractivity contribution in [3.05, 3.63) is 0 Å². The molecular formula is C11H20O3. The predicted octanol–water partition coefficient (Wildman–Crippen LogP) is 2.30. The van der Waals surface area contributed by atoms with E-state index in [1.165, 1.54) is 0 Å². The van der Waals surface area contributed by atoms with Gasteiger partial charge in [-0.05, 0) is 24.2 Å². The lowest BCUT2D eigenvalue weighted by atomic mass is 9.78. The molecule has 0 aromatic heterocycles. The molecule has 82 valence electrons. The summed E-state index contributed by atoms with van der Waals surface area (Å²) in [5.41, 5.74) is 0.179. The number of carboxylic acids is 1. The number of aliphatic carboxylic acids is 1. The van der Waals surface area contributed by atoms with Crippen LogP contribution in [-0.4, -0.2) is 23.3 Å². The number of carbonyl (C=O) groups is 1. The highest BCUT2D eigenvalue weighted by molar-refractivity contribution is 5.72. The summed E-state index contributed by atoms with van der Waals surface area (Å²) < 4.78 is 5.51. The molecular weight excluding hydrogens is 180 g/mol. The normalized spacial score (nSPS) is 30.3. The van der Waals surface area contributed by atoms with E-state index in [1.807, 2.05) is 0 Å². The highest BCUT2D eigenvalue weighted by Gasteiger charge is 2.37. The molecule has 3 heteroatoms. The van der Waals surface area contributed by atoms with Crippen molar-refractivity contribution in [3.8, 4) is 0 Å². The topological polar surface area (TPSA) is 46.5 Å². The van der Waals surface area contributed by atoms with Crippen molar-refractivity contribution in [3.63, 3.8) is 0 Å². The van der Waals surface area contributed by atoms with Crippen LogP contribution in [-0.2, 0) is 9.53 Å². The molecule has 0 aromatic carbocycles. The smallest absolute Gasteiger partial charge is 0.332 e. The fourth-order valence-corrected chi connectivity index (χ4v) is 1.77. The Bertz CT molecular complexity index is 217. The van der Waals surface area contributed by atoms with E-state index < -0.39 is 12.1 Å². The van der Waals surface area contributed by atoms with E-state index in [-0.39, 0.29) is 11.5 Å². The van der Waals surface area contributed by atoms with Crippen LogP contribution in [0.3, 0.4) is 0 Å². The van der Waals surface area contributed by atoms with Gasteiger partial charge in [0.05, 0.1) is 6.10 Å². The van der Waals surface area contributed by atoms with E-state index >= 15 is 0 Å². The number of rotatable bonds is 2. The average Bonchev–Trinajstić information content (AvgIpc) is 2.48. The lowest BCUT2D eigenvalue weighted by Gasteiger charge is -2.31. The molecule has 0 bridgehead atoms. The third-order valence-electron chi connectivity index (χ3n) is 3.25. The third kappa shape index (κ3) is 2.47. The van der Waals surface area contributed by atoms with E-state index in [9.17, 15) is 4.79 Å². The van der Waals surface area contributed by atoms with Crippen LogP contribution in [0.4, 0.5) is 0 Å². The van der Waals surface area contributed by atoms with Gasteiger partial charge in [-0.15, -0.1) is 0 Å². The van der Waals surface area contributed by atoms with Crippen molar-refractivity contribution in [2.24, 2.45) is 11.3 Å². The third-order valence-corrected chi connectivity index (χ3v) is 3.25. The summed E-state index contributed by atoms with van der Waals surface area (Å²) in [5.74, 6) is -0.430. The van der Waals surface area contributed by atoms with Crippen molar-refractivity contribution in [2.45, 2.75) is 52.7 Å². The SMILES string of the molecule is CC(C1CCC(C(=O)O)O1)C(C)(C)C. The summed E-state index contributed by atoms with van der Waals surface area (Å²) in [6, 6.07) is 0. The van der Waals surface area contributed by atoms with E-state index in [2.05, 4.69) is 27.7 Å². The van der Waals surface area contributed by atoms with Crippen LogP contribution in [0.2, 0.25) is 0 Å². The summed E-state index contributed by atoms with van der Waals surface area (Å²) in [6.45, 7) is 8.62. The molecule has 14 heavy (non-hydrogen) atoms. The summed E-state index contributed by atoms with van der Waals surface area (Å²) >= 11 is 0. The second-order valence-electron chi connectivity index (χ2n) is 5.23. The van der Waals surface area contributed by atoms with Gasteiger partial charge in [-0.2, -0.15) is 0 Å². The lowest BCUT2D eigenvalue weighted by molar-refractivity contribution is -0.151. The Kier molecular flexibility index (Phi) is 3.20. The maximum atomic E-state index is 10.7. The Balaban J connectivity index is 2.54. The fraction of sp³-hybridized carbons (Fsp3) is 0.909. The second kappa shape index (κ2) is 3.89. The maximum Gasteiger partial charge on any atom is 0.332 e. The van der Waals surface area contributed by atoms with Crippen LogP contribution in [0.15, 0.2) is 0 Å². The van der Waals surface area contributed by atoms with Crippen LogP contribution in [0, 0.1) is 11.3 Å². The molecule has 0 saturated carbocycles. The first-order valence-electron chi connectivity index (χ1n) is 5.20. The first-order chi connectivity index (χ1) is 6.32. The molecule has 3 nitrogen and oxygen atoms in total. The number of hydrogen-bond donors (Lipinski definition) is 1. The highest BCUT2D eigenvalue weighted by Crippen LogP contribution is 2.35. The van der Waals surface area contributed by atoms with E-state index in [4.69, 9.17) is 9.84 Å². The number of carboxylic acid groups (broad SMARTS) is 1. The summed E-state index contributed by atoms with van der Waals surface area (Å²) in [4.78, 5) is 10.7. The first kappa shape index (κ1) is 11.5. The van der Waals surface area contributed by atoms with Gasteiger partial charge in [0, 0.05) is 0 Å². The second-order valence-corrected chi connectivity index (χ2v) is 5.23. The predicted molar refractivity (Wildman–Crippen MR) is 54.1 cm³/mol. The van der Waals surface area contributed by atoms with Gasteiger partial charge in [0.15, 0.2) is 6.10 Å². The quantitative estimate of drug-likeness (QED) is 0.744. The minimum atomic E-state index is -0.825. The Morgan fingerprint density at radius 3 is 2.36 bits per heavy atom. The summed E-state index contributed by atoms with van der Waals surface area (Å²) in [7, 11) is 0. The standard InChI is InChI=1S/C11H20O3/c1-7(11(2,3)4)8-5-6-9(14-8)10(12)13/h7-9H,5-6H2,1-4H3,(H,12,13). The Morgan fingerprint density at radius 1 is 1.43 bits per heavy atom. The van der Waals surface area contributed by atoms with Crippen LogP contribution >= 0.6 is 0 Å². The molecule has 1 fully saturated rings. The van der Waals surface area contributed by atoms with Crippen molar-refractivity contribution in [2.75, 3.05) is 0 Å². The van der Waals surface area contributed by atoms with Gasteiger partial charge in [-0.1, -0.05) is 27.7 Å².